The summed E-state index contributed by atoms with van der Waals surface area (Å²) >= 11 is 3.42. The summed E-state index contributed by atoms with van der Waals surface area (Å²) in [5.74, 6) is 0.677. The Kier molecular flexibility index (Phi) is 3.48. The number of nitrogen functional groups attached to an aromatic ring is 1. The average molecular weight is 308 g/mol. The zero-order valence-corrected chi connectivity index (χ0v) is 12.5. The lowest BCUT2D eigenvalue weighted by molar-refractivity contribution is 0.405. The molecule has 2 rings (SSSR count). The number of hydrogen-bond donors (Lipinski definition) is 1. The van der Waals surface area contributed by atoms with E-state index < -0.39 is 0 Å². The van der Waals surface area contributed by atoms with Gasteiger partial charge in [-0.15, -0.1) is 0 Å². The Hall–Kier alpha value is -1.29. The van der Waals surface area contributed by atoms with Gasteiger partial charge in [-0.1, -0.05) is 36.7 Å². The summed E-state index contributed by atoms with van der Waals surface area (Å²) in [7, 11) is 0. The maximum Gasteiger partial charge on any atom is 0.127 e. The monoisotopic (exact) mass is 307 g/mol. The van der Waals surface area contributed by atoms with E-state index in [2.05, 4.69) is 41.8 Å². The highest BCUT2D eigenvalue weighted by atomic mass is 79.9. The first kappa shape index (κ1) is 13.1. The highest BCUT2D eigenvalue weighted by molar-refractivity contribution is 9.10. The van der Waals surface area contributed by atoms with Gasteiger partial charge in [-0.25, -0.2) is 4.68 Å². The number of halogens is 1. The third-order valence-electron chi connectivity index (χ3n) is 2.57. The Morgan fingerprint density at radius 1 is 1.22 bits per heavy atom. The zero-order valence-electron chi connectivity index (χ0n) is 10.9. The van der Waals surface area contributed by atoms with Crippen LogP contribution in [0.3, 0.4) is 0 Å². The molecule has 1 heterocycles. The van der Waals surface area contributed by atoms with Gasteiger partial charge in [0.2, 0.25) is 0 Å². The van der Waals surface area contributed by atoms with Crippen LogP contribution >= 0.6 is 15.9 Å². The molecule has 18 heavy (non-hydrogen) atoms. The Labute approximate surface area is 116 Å². The molecule has 0 bridgehead atoms. The minimum atomic E-state index is 0.214. The van der Waals surface area contributed by atoms with Crippen LogP contribution in [0.15, 0.2) is 34.8 Å². The molecule has 96 valence electrons. The molecule has 0 saturated heterocycles. The van der Waals surface area contributed by atoms with Crippen LogP contribution in [0.2, 0.25) is 0 Å². The van der Waals surface area contributed by atoms with E-state index in [0.717, 1.165) is 22.3 Å². The van der Waals surface area contributed by atoms with Crippen LogP contribution in [0.5, 0.6) is 0 Å². The number of hydrogen-bond acceptors (Lipinski definition) is 2. The van der Waals surface area contributed by atoms with Crippen molar-refractivity contribution in [2.45, 2.75) is 27.2 Å². The number of nitrogens with two attached hydrogens (primary N) is 1. The first-order valence-corrected chi connectivity index (χ1v) is 6.75. The first-order chi connectivity index (χ1) is 8.35. The van der Waals surface area contributed by atoms with Crippen molar-refractivity contribution in [3.63, 3.8) is 0 Å². The summed E-state index contributed by atoms with van der Waals surface area (Å²) in [6.45, 7) is 6.59. The quantitative estimate of drug-likeness (QED) is 0.917. The molecule has 1 aromatic heterocycles. The summed E-state index contributed by atoms with van der Waals surface area (Å²) in [5, 5.41) is 4.57. The molecule has 0 spiro atoms. The van der Waals surface area contributed by atoms with E-state index in [1.165, 1.54) is 0 Å². The molecule has 0 unspecified atom stereocenters. The van der Waals surface area contributed by atoms with Crippen molar-refractivity contribution in [3.05, 3.63) is 40.5 Å². The number of benzene rings is 1. The standard InChI is InChI=1S/C14H18BrN3/c1-14(2,3)9-11-8-13(16)18(17-11)12-6-4-10(15)5-7-12/h4-8H,9,16H2,1-3H3. The molecule has 0 aliphatic rings. The molecule has 1 aromatic carbocycles. The van der Waals surface area contributed by atoms with Crippen molar-refractivity contribution in [2.24, 2.45) is 5.41 Å². The summed E-state index contributed by atoms with van der Waals surface area (Å²) in [6.07, 6.45) is 0.917. The van der Waals surface area contributed by atoms with E-state index in [-0.39, 0.29) is 5.41 Å². The number of anilines is 1. The van der Waals surface area contributed by atoms with Crippen LogP contribution in [-0.2, 0) is 6.42 Å². The van der Waals surface area contributed by atoms with Crippen molar-refractivity contribution in [1.29, 1.82) is 0 Å². The average Bonchev–Trinajstić information content (AvgIpc) is 2.58. The molecular formula is C14H18BrN3. The molecule has 3 nitrogen and oxygen atoms in total. The lowest BCUT2D eigenvalue weighted by Gasteiger charge is -2.15. The van der Waals surface area contributed by atoms with Gasteiger partial charge in [0.05, 0.1) is 11.4 Å². The topological polar surface area (TPSA) is 43.8 Å². The highest BCUT2D eigenvalue weighted by Gasteiger charge is 2.15. The van der Waals surface area contributed by atoms with Gasteiger partial charge < -0.3 is 5.73 Å². The maximum absolute atomic E-state index is 6.02. The predicted octanol–water partition coefficient (Wildman–Crippen LogP) is 3.81. The molecule has 0 saturated carbocycles. The fraction of sp³-hybridized carbons (Fsp3) is 0.357. The smallest absolute Gasteiger partial charge is 0.127 e. The fourth-order valence-electron chi connectivity index (χ4n) is 1.87. The predicted molar refractivity (Wildman–Crippen MR) is 78.8 cm³/mol. The van der Waals surface area contributed by atoms with E-state index in [0.29, 0.717) is 5.82 Å². The van der Waals surface area contributed by atoms with Crippen LogP contribution in [0.4, 0.5) is 5.82 Å². The molecule has 0 aliphatic heterocycles. The number of aromatic nitrogens is 2. The zero-order chi connectivity index (χ0) is 13.3. The molecule has 0 atom stereocenters. The SMILES string of the molecule is CC(C)(C)Cc1cc(N)n(-c2ccc(Br)cc2)n1. The summed E-state index contributed by atoms with van der Waals surface area (Å²) in [5.41, 5.74) is 8.25. The Morgan fingerprint density at radius 2 is 1.83 bits per heavy atom. The Balaban J connectivity index is 2.32. The van der Waals surface area contributed by atoms with Crippen molar-refractivity contribution < 1.29 is 0 Å². The fourth-order valence-corrected chi connectivity index (χ4v) is 2.13. The van der Waals surface area contributed by atoms with E-state index >= 15 is 0 Å². The summed E-state index contributed by atoms with van der Waals surface area (Å²) < 4.78 is 2.83. The molecule has 0 amide bonds. The Morgan fingerprint density at radius 3 is 2.39 bits per heavy atom. The second kappa shape index (κ2) is 4.76. The Bertz CT molecular complexity index is 535. The molecular weight excluding hydrogens is 290 g/mol. The molecule has 2 N–H and O–H groups in total. The van der Waals surface area contributed by atoms with Crippen LogP contribution in [-0.4, -0.2) is 9.78 Å². The lowest BCUT2D eigenvalue weighted by atomic mass is 9.91. The van der Waals surface area contributed by atoms with Crippen LogP contribution in [0.25, 0.3) is 5.69 Å². The van der Waals surface area contributed by atoms with Crippen LogP contribution in [0.1, 0.15) is 26.5 Å². The van der Waals surface area contributed by atoms with Gasteiger partial charge in [0, 0.05) is 10.5 Å². The van der Waals surface area contributed by atoms with E-state index in [9.17, 15) is 0 Å². The van der Waals surface area contributed by atoms with E-state index in [1.54, 1.807) is 4.68 Å². The van der Waals surface area contributed by atoms with Gasteiger partial charge in [-0.3, -0.25) is 0 Å². The summed E-state index contributed by atoms with van der Waals surface area (Å²) in [6, 6.07) is 9.91. The van der Waals surface area contributed by atoms with Gasteiger partial charge in [0.15, 0.2) is 0 Å². The van der Waals surface area contributed by atoms with Gasteiger partial charge in [0.1, 0.15) is 5.82 Å². The number of rotatable bonds is 2. The van der Waals surface area contributed by atoms with Crippen molar-refractivity contribution in [1.82, 2.24) is 9.78 Å². The van der Waals surface area contributed by atoms with E-state index in [4.69, 9.17) is 5.73 Å². The second-order valence-corrected chi connectivity index (χ2v) is 6.60. The van der Waals surface area contributed by atoms with Crippen LogP contribution in [0, 0.1) is 5.41 Å². The summed E-state index contributed by atoms with van der Waals surface area (Å²) in [4.78, 5) is 0. The van der Waals surface area contributed by atoms with Gasteiger partial charge in [-0.05, 0) is 36.1 Å². The number of nitrogens with zero attached hydrogens (tertiary/aromatic N) is 2. The minimum Gasteiger partial charge on any atom is -0.384 e. The van der Waals surface area contributed by atoms with Crippen molar-refractivity contribution >= 4 is 21.7 Å². The lowest BCUT2D eigenvalue weighted by Crippen LogP contribution is -2.10. The molecule has 0 radical (unpaired) electrons. The van der Waals surface area contributed by atoms with E-state index in [1.807, 2.05) is 30.3 Å². The highest BCUT2D eigenvalue weighted by Crippen LogP contribution is 2.23. The van der Waals surface area contributed by atoms with Crippen molar-refractivity contribution in [3.8, 4) is 5.69 Å². The van der Waals surface area contributed by atoms with Crippen LogP contribution < -0.4 is 5.73 Å². The normalized spacial score (nSPS) is 11.8. The second-order valence-electron chi connectivity index (χ2n) is 5.69. The van der Waals surface area contributed by atoms with Gasteiger partial charge >= 0.3 is 0 Å². The molecule has 0 fully saturated rings. The van der Waals surface area contributed by atoms with Gasteiger partial charge in [-0.2, -0.15) is 5.10 Å². The maximum atomic E-state index is 6.02. The largest absolute Gasteiger partial charge is 0.384 e. The minimum absolute atomic E-state index is 0.214. The van der Waals surface area contributed by atoms with Gasteiger partial charge in [0.25, 0.3) is 0 Å². The first-order valence-electron chi connectivity index (χ1n) is 5.95. The molecule has 2 aromatic rings. The molecule has 0 aliphatic carbocycles. The van der Waals surface area contributed by atoms with Crippen molar-refractivity contribution in [2.75, 3.05) is 5.73 Å². The third-order valence-corrected chi connectivity index (χ3v) is 3.10. The molecule has 4 heteroatoms. The third kappa shape index (κ3) is 3.13.